The van der Waals surface area contributed by atoms with Crippen molar-refractivity contribution in [2.75, 3.05) is 5.75 Å². The summed E-state index contributed by atoms with van der Waals surface area (Å²) in [4.78, 5) is 26.1. The Bertz CT molecular complexity index is 847. The maximum atomic E-state index is 12.9. The minimum absolute atomic E-state index is 0.0112. The number of carbonyl (C=O) groups is 2. The highest BCUT2D eigenvalue weighted by molar-refractivity contribution is 7.95. The fourth-order valence-corrected chi connectivity index (χ4v) is 6.55. The highest BCUT2D eigenvalue weighted by Crippen LogP contribution is 2.51. The molecule has 3 aliphatic rings. The lowest BCUT2D eigenvalue weighted by Crippen LogP contribution is -2.43. The Hall–Kier alpha value is -1.75. The molecule has 0 radical (unpaired) electrons. The third-order valence-corrected chi connectivity index (χ3v) is 7.38. The lowest BCUT2D eigenvalue weighted by molar-refractivity contribution is 0.0671. The van der Waals surface area contributed by atoms with Crippen molar-refractivity contribution in [1.82, 2.24) is 0 Å². The fraction of sp³-hybridized carbons (Fsp3) is 0.412. The molecule has 1 aliphatic heterocycles. The Morgan fingerprint density at radius 1 is 1.00 bits per heavy atom. The van der Waals surface area contributed by atoms with Gasteiger partial charge in [-0.15, -0.1) is 0 Å². The zero-order valence-corrected chi connectivity index (χ0v) is 13.0. The molecule has 0 spiro atoms. The molecular formula is C17H16O4S. The number of hydrogen-bond acceptors (Lipinski definition) is 4. The number of Topliss-reactive ketones (excluding diaryl/α,β-unsaturated/α-hetero) is 2. The van der Waals surface area contributed by atoms with Crippen molar-refractivity contribution in [2.45, 2.75) is 19.8 Å². The molecule has 1 aromatic rings. The van der Waals surface area contributed by atoms with Crippen molar-refractivity contribution in [3.63, 3.8) is 0 Å². The van der Waals surface area contributed by atoms with Gasteiger partial charge >= 0.3 is 0 Å². The van der Waals surface area contributed by atoms with Gasteiger partial charge in [-0.2, -0.15) is 0 Å². The van der Waals surface area contributed by atoms with Crippen LogP contribution in [0, 0.1) is 17.8 Å². The monoisotopic (exact) mass is 316 g/mol. The van der Waals surface area contributed by atoms with Crippen LogP contribution in [0.2, 0.25) is 0 Å². The SMILES string of the molecule is CC1=C2[C@@H](CCS2(=O)=O)[C@@H]2C(=O)c3ccccc3C(=O)[C@@H]2C1. The van der Waals surface area contributed by atoms with Crippen molar-refractivity contribution in [3.8, 4) is 0 Å². The molecule has 22 heavy (non-hydrogen) atoms. The minimum Gasteiger partial charge on any atom is -0.294 e. The van der Waals surface area contributed by atoms with Gasteiger partial charge in [-0.1, -0.05) is 29.8 Å². The Kier molecular flexibility index (Phi) is 2.77. The maximum Gasteiger partial charge on any atom is 0.174 e. The summed E-state index contributed by atoms with van der Waals surface area (Å²) < 4.78 is 24.5. The second-order valence-electron chi connectivity index (χ2n) is 6.47. The number of hydrogen-bond donors (Lipinski definition) is 0. The molecule has 1 saturated heterocycles. The summed E-state index contributed by atoms with van der Waals surface area (Å²) in [5, 5.41) is 0. The van der Waals surface area contributed by atoms with Gasteiger partial charge in [0.2, 0.25) is 0 Å². The molecule has 1 aromatic carbocycles. The topological polar surface area (TPSA) is 68.3 Å². The summed E-state index contributed by atoms with van der Waals surface area (Å²) in [6.07, 6.45) is 0.839. The van der Waals surface area contributed by atoms with Crippen molar-refractivity contribution in [3.05, 3.63) is 45.9 Å². The number of sulfone groups is 1. The van der Waals surface area contributed by atoms with E-state index in [0.717, 1.165) is 5.57 Å². The molecule has 2 aliphatic carbocycles. The number of carbonyl (C=O) groups excluding carboxylic acids is 2. The summed E-state index contributed by atoms with van der Waals surface area (Å²) >= 11 is 0. The Labute approximate surface area is 129 Å². The highest BCUT2D eigenvalue weighted by Gasteiger charge is 2.53. The van der Waals surface area contributed by atoms with E-state index >= 15 is 0 Å². The van der Waals surface area contributed by atoms with E-state index in [4.69, 9.17) is 0 Å². The number of ketones is 2. The van der Waals surface area contributed by atoms with Crippen LogP contribution in [0.3, 0.4) is 0 Å². The minimum atomic E-state index is -3.25. The average molecular weight is 316 g/mol. The van der Waals surface area contributed by atoms with Crippen LogP contribution >= 0.6 is 0 Å². The van der Waals surface area contributed by atoms with Gasteiger partial charge in [0.15, 0.2) is 21.4 Å². The third-order valence-electron chi connectivity index (χ3n) is 5.28. The van der Waals surface area contributed by atoms with E-state index in [-0.39, 0.29) is 23.2 Å². The largest absolute Gasteiger partial charge is 0.294 e. The van der Waals surface area contributed by atoms with Crippen molar-refractivity contribution in [1.29, 1.82) is 0 Å². The van der Waals surface area contributed by atoms with Crippen molar-refractivity contribution >= 4 is 21.4 Å². The Balaban J connectivity index is 1.91. The first-order valence-electron chi connectivity index (χ1n) is 7.51. The molecule has 3 atom stereocenters. The predicted octanol–water partition coefficient (Wildman–Crippen LogP) is 2.41. The van der Waals surface area contributed by atoms with E-state index in [1.807, 2.05) is 0 Å². The normalized spacial score (nSPS) is 32.5. The summed E-state index contributed by atoms with van der Waals surface area (Å²) in [6.45, 7) is 1.79. The van der Waals surface area contributed by atoms with Crippen LogP contribution in [0.25, 0.3) is 0 Å². The summed E-state index contributed by atoms with van der Waals surface area (Å²) in [5.74, 6) is -1.19. The quantitative estimate of drug-likeness (QED) is 0.737. The number of rotatable bonds is 0. The lowest BCUT2D eigenvalue weighted by Gasteiger charge is -2.38. The maximum absolute atomic E-state index is 12.9. The van der Waals surface area contributed by atoms with E-state index in [1.165, 1.54) is 0 Å². The van der Waals surface area contributed by atoms with Crippen LogP contribution in [0.5, 0.6) is 0 Å². The molecule has 4 nitrogen and oxygen atoms in total. The first-order chi connectivity index (χ1) is 10.4. The number of fused-ring (bicyclic) bond motifs is 4. The first-order valence-corrected chi connectivity index (χ1v) is 9.17. The predicted molar refractivity (Wildman–Crippen MR) is 81.3 cm³/mol. The summed E-state index contributed by atoms with van der Waals surface area (Å²) in [6, 6.07) is 6.90. The molecule has 114 valence electrons. The highest BCUT2D eigenvalue weighted by atomic mass is 32.2. The molecule has 5 heteroatoms. The standard InChI is InChI=1S/C17H16O4S/c1-9-8-13-14(12-6-7-22(20,21)17(9)12)16(19)11-5-3-2-4-10(11)15(13)18/h2-5,12-14H,6-8H2,1H3/t12-,13+,14-/m0/s1. The zero-order chi connectivity index (χ0) is 15.6. The van der Waals surface area contributed by atoms with Crippen LogP contribution in [0.15, 0.2) is 34.7 Å². The molecule has 1 fully saturated rings. The van der Waals surface area contributed by atoms with E-state index in [0.29, 0.717) is 28.9 Å². The van der Waals surface area contributed by atoms with Crippen LogP contribution in [0.1, 0.15) is 40.5 Å². The van der Waals surface area contributed by atoms with E-state index < -0.39 is 21.7 Å². The smallest absolute Gasteiger partial charge is 0.174 e. The van der Waals surface area contributed by atoms with E-state index in [1.54, 1.807) is 31.2 Å². The average Bonchev–Trinajstić information content (AvgIpc) is 2.81. The molecule has 0 unspecified atom stereocenters. The van der Waals surface area contributed by atoms with Crippen LogP contribution in [-0.4, -0.2) is 25.7 Å². The van der Waals surface area contributed by atoms with Crippen molar-refractivity contribution in [2.24, 2.45) is 17.8 Å². The fourth-order valence-electron chi connectivity index (χ4n) is 4.43. The lowest BCUT2D eigenvalue weighted by atomic mass is 9.63. The molecular weight excluding hydrogens is 300 g/mol. The Morgan fingerprint density at radius 2 is 1.64 bits per heavy atom. The second kappa shape index (κ2) is 4.38. The third kappa shape index (κ3) is 1.66. The van der Waals surface area contributed by atoms with Crippen LogP contribution in [0.4, 0.5) is 0 Å². The van der Waals surface area contributed by atoms with Gasteiger partial charge in [0.05, 0.1) is 5.75 Å². The second-order valence-corrected chi connectivity index (χ2v) is 8.55. The van der Waals surface area contributed by atoms with Gasteiger partial charge < -0.3 is 0 Å². The Morgan fingerprint density at radius 3 is 2.32 bits per heavy atom. The van der Waals surface area contributed by atoms with E-state index in [9.17, 15) is 18.0 Å². The van der Waals surface area contributed by atoms with Gasteiger partial charge in [0, 0.05) is 33.8 Å². The summed E-state index contributed by atoms with van der Waals surface area (Å²) in [5.41, 5.74) is 1.71. The molecule has 0 aromatic heterocycles. The number of benzene rings is 1. The molecule has 1 heterocycles. The molecule has 0 amide bonds. The zero-order valence-electron chi connectivity index (χ0n) is 12.2. The summed E-state index contributed by atoms with van der Waals surface area (Å²) in [7, 11) is -3.25. The van der Waals surface area contributed by atoms with Crippen molar-refractivity contribution < 1.29 is 18.0 Å². The number of allylic oxidation sites excluding steroid dienone is 2. The van der Waals surface area contributed by atoms with Gasteiger partial charge in [-0.05, 0) is 19.8 Å². The van der Waals surface area contributed by atoms with Gasteiger partial charge in [0.1, 0.15) is 0 Å². The molecule has 4 rings (SSSR count). The van der Waals surface area contributed by atoms with E-state index in [2.05, 4.69) is 0 Å². The first kappa shape index (κ1) is 13.9. The molecule has 0 bridgehead atoms. The van der Waals surface area contributed by atoms with Gasteiger partial charge in [-0.3, -0.25) is 9.59 Å². The van der Waals surface area contributed by atoms with Crippen LogP contribution < -0.4 is 0 Å². The van der Waals surface area contributed by atoms with Gasteiger partial charge in [0.25, 0.3) is 0 Å². The molecule has 0 saturated carbocycles. The molecule has 0 N–H and O–H groups in total. The van der Waals surface area contributed by atoms with Crippen LogP contribution in [-0.2, 0) is 9.84 Å². The van der Waals surface area contributed by atoms with Gasteiger partial charge in [-0.25, -0.2) is 8.42 Å².